The molecule has 1 aromatic rings. The minimum atomic E-state index is -0.937. The third kappa shape index (κ3) is 4.62. The first kappa shape index (κ1) is 18.8. The van der Waals surface area contributed by atoms with E-state index >= 15 is 0 Å². The number of halogens is 1. The average Bonchev–Trinajstić information content (AvgIpc) is 2.36. The third-order valence-electron chi connectivity index (χ3n) is 2.96. The molecule has 0 N–H and O–H groups in total. The van der Waals surface area contributed by atoms with Crippen molar-refractivity contribution in [1.82, 2.24) is 0 Å². The number of nitro benzene ring substituents is 2. The molecular weight excluding hydrogens is 328 g/mol. The number of hydrogen-bond acceptors (Lipinski definition) is 6. The molecule has 1 atom stereocenters. The van der Waals surface area contributed by atoms with Crippen molar-refractivity contribution in [3.8, 4) is 0 Å². The van der Waals surface area contributed by atoms with Gasteiger partial charge in [0, 0.05) is 5.56 Å². The van der Waals surface area contributed by atoms with Crippen molar-refractivity contribution in [2.45, 2.75) is 45.6 Å². The number of rotatable bonds is 5. The van der Waals surface area contributed by atoms with Crippen molar-refractivity contribution >= 4 is 28.9 Å². The Balaban J connectivity index is 3.43. The van der Waals surface area contributed by atoms with Gasteiger partial charge in [0.25, 0.3) is 11.4 Å². The first-order chi connectivity index (χ1) is 10.5. The van der Waals surface area contributed by atoms with Crippen LogP contribution in [0.2, 0.25) is 5.02 Å². The molecule has 0 spiro atoms. The molecule has 0 radical (unpaired) electrons. The van der Waals surface area contributed by atoms with Gasteiger partial charge in [0.2, 0.25) is 0 Å². The van der Waals surface area contributed by atoms with Gasteiger partial charge >= 0.3 is 5.97 Å². The van der Waals surface area contributed by atoms with Crippen LogP contribution in [0.15, 0.2) is 12.1 Å². The van der Waals surface area contributed by atoms with E-state index < -0.39 is 38.7 Å². The topological polar surface area (TPSA) is 113 Å². The lowest BCUT2D eigenvalue weighted by Crippen LogP contribution is -2.28. The van der Waals surface area contributed by atoms with Crippen LogP contribution in [0.4, 0.5) is 11.4 Å². The van der Waals surface area contributed by atoms with Gasteiger partial charge in [-0.1, -0.05) is 18.5 Å². The Morgan fingerprint density at radius 1 is 1.22 bits per heavy atom. The summed E-state index contributed by atoms with van der Waals surface area (Å²) in [7, 11) is 0. The smallest absolute Gasteiger partial charge is 0.314 e. The van der Waals surface area contributed by atoms with Gasteiger partial charge in [0.15, 0.2) is 0 Å². The van der Waals surface area contributed by atoms with Crippen molar-refractivity contribution in [2.24, 2.45) is 0 Å². The quantitative estimate of drug-likeness (QED) is 0.453. The van der Waals surface area contributed by atoms with E-state index in [-0.39, 0.29) is 17.0 Å². The Hall–Kier alpha value is -2.22. The average molecular weight is 345 g/mol. The minimum Gasteiger partial charge on any atom is -0.459 e. The number of esters is 1. The van der Waals surface area contributed by atoms with Crippen LogP contribution in [0.25, 0.3) is 0 Å². The molecule has 0 saturated heterocycles. The number of carbonyl (C=O) groups excluding carboxylic acids is 1. The molecule has 0 fully saturated rings. The van der Waals surface area contributed by atoms with Crippen molar-refractivity contribution in [1.29, 1.82) is 0 Å². The maximum absolute atomic E-state index is 12.3. The maximum Gasteiger partial charge on any atom is 0.314 e. The van der Waals surface area contributed by atoms with Crippen LogP contribution >= 0.6 is 11.6 Å². The summed E-state index contributed by atoms with van der Waals surface area (Å²) < 4.78 is 5.26. The van der Waals surface area contributed by atoms with Gasteiger partial charge < -0.3 is 4.74 Å². The predicted octanol–water partition coefficient (Wildman–Crippen LogP) is 3.99. The number of hydrogen-bond donors (Lipinski definition) is 0. The maximum atomic E-state index is 12.3. The zero-order chi connectivity index (χ0) is 17.9. The van der Waals surface area contributed by atoms with E-state index in [4.69, 9.17) is 16.3 Å². The molecule has 0 bridgehead atoms. The molecular formula is C14H17ClN2O6. The van der Waals surface area contributed by atoms with E-state index in [0.717, 1.165) is 12.1 Å². The van der Waals surface area contributed by atoms with E-state index in [2.05, 4.69) is 0 Å². The minimum absolute atomic E-state index is 0.00218. The normalized spacial score (nSPS) is 12.6. The summed E-state index contributed by atoms with van der Waals surface area (Å²) in [5.41, 5.74) is -1.87. The van der Waals surface area contributed by atoms with Gasteiger partial charge in [-0.2, -0.15) is 0 Å². The molecule has 0 aromatic heterocycles. The van der Waals surface area contributed by atoms with Crippen molar-refractivity contribution < 1.29 is 19.4 Å². The number of carbonyl (C=O) groups is 1. The highest BCUT2D eigenvalue weighted by atomic mass is 35.5. The van der Waals surface area contributed by atoms with Gasteiger partial charge in [0.05, 0.1) is 21.8 Å². The van der Waals surface area contributed by atoms with Crippen LogP contribution in [0.3, 0.4) is 0 Å². The van der Waals surface area contributed by atoms with Crippen molar-refractivity contribution in [3.05, 3.63) is 42.9 Å². The summed E-state index contributed by atoms with van der Waals surface area (Å²) in [6, 6.07) is 1.86. The monoisotopic (exact) mass is 344 g/mol. The molecule has 1 unspecified atom stereocenters. The second-order valence-electron chi connectivity index (χ2n) is 5.87. The number of nitro groups is 2. The fourth-order valence-electron chi connectivity index (χ4n) is 2.03. The Morgan fingerprint density at radius 3 is 2.13 bits per heavy atom. The molecule has 1 rings (SSSR count). The Labute approximate surface area is 137 Å². The first-order valence-electron chi connectivity index (χ1n) is 6.83. The van der Waals surface area contributed by atoms with E-state index in [1.165, 1.54) is 0 Å². The molecule has 0 aliphatic carbocycles. The first-order valence-corrected chi connectivity index (χ1v) is 7.20. The zero-order valence-electron chi connectivity index (χ0n) is 13.2. The second-order valence-corrected chi connectivity index (χ2v) is 6.28. The van der Waals surface area contributed by atoms with E-state index in [1.807, 2.05) is 0 Å². The lowest BCUT2D eigenvalue weighted by atomic mass is 9.94. The van der Waals surface area contributed by atoms with Crippen molar-refractivity contribution in [3.63, 3.8) is 0 Å². The van der Waals surface area contributed by atoms with Gasteiger partial charge in [-0.05, 0) is 33.3 Å². The van der Waals surface area contributed by atoms with E-state index in [9.17, 15) is 25.0 Å². The Bertz CT molecular complexity index is 653. The van der Waals surface area contributed by atoms with Gasteiger partial charge in [-0.3, -0.25) is 25.0 Å². The van der Waals surface area contributed by atoms with Crippen LogP contribution in [0, 0.1) is 20.2 Å². The highest BCUT2D eigenvalue weighted by Crippen LogP contribution is 2.38. The van der Waals surface area contributed by atoms with Gasteiger partial charge in [-0.25, -0.2) is 0 Å². The molecule has 0 aliphatic heterocycles. The summed E-state index contributed by atoms with van der Waals surface area (Å²) in [6.45, 7) is 6.69. The highest BCUT2D eigenvalue weighted by molar-refractivity contribution is 6.32. The van der Waals surface area contributed by atoms with Crippen molar-refractivity contribution in [2.75, 3.05) is 0 Å². The third-order valence-corrected chi connectivity index (χ3v) is 3.27. The van der Waals surface area contributed by atoms with Gasteiger partial charge in [-0.15, -0.1) is 0 Å². The largest absolute Gasteiger partial charge is 0.459 e. The number of benzene rings is 1. The Kier molecular flexibility index (Phi) is 5.65. The molecule has 1 aromatic carbocycles. The fourth-order valence-corrected chi connectivity index (χ4v) is 2.27. The molecule has 0 amide bonds. The Morgan fingerprint density at radius 2 is 1.74 bits per heavy atom. The number of ether oxygens (including phenoxy) is 1. The highest BCUT2D eigenvalue weighted by Gasteiger charge is 2.33. The molecule has 8 nitrogen and oxygen atoms in total. The molecule has 0 saturated carbocycles. The van der Waals surface area contributed by atoms with E-state index in [1.54, 1.807) is 27.7 Å². The van der Waals surface area contributed by atoms with Crippen LogP contribution in [0.1, 0.15) is 45.6 Å². The summed E-state index contributed by atoms with van der Waals surface area (Å²) in [5, 5.41) is 21.8. The lowest BCUT2D eigenvalue weighted by Gasteiger charge is -2.23. The zero-order valence-corrected chi connectivity index (χ0v) is 13.9. The van der Waals surface area contributed by atoms with Crippen LogP contribution < -0.4 is 0 Å². The summed E-state index contributed by atoms with van der Waals surface area (Å²) in [6.07, 6.45) is 0.226. The number of nitrogens with zero attached hydrogens (tertiary/aromatic N) is 2. The van der Waals surface area contributed by atoms with Gasteiger partial charge in [0.1, 0.15) is 10.6 Å². The summed E-state index contributed by atoms with van der Waals surface area (Å²) in [5.74, 6) is -1.58. The lowest BCUT2D eigenvalue weighted by molar-refractivity contribution is -0.394. The standard InChI is InChI=1S/C14H17ClN2O6/c1-5-8(13(18)23-14(2,3)4)9-6-10(15)12(17(21)22)7-11(9)16(19)20/h6-8H,5H2,1-4H3. The molecule has 23 heavy (non-hydrogen) atoms. The molecule has 0 heterocycles. The summed E-state index contributed by atoms with van der Waals surface area (Å²) in [4.78, 5) is 32.8. The van der Waals surface area contributed by atoms with E-state index in [0.29, 0.717) is 0 Å². The van der Waals surface area contributed by atoms with Crippen LogP contribution in [-0.2, 0) is 9.53 Å². The molecule has 9 heteroatoms. The molecule has 126 valence electrons. The van der Waals surface area contributed by atoms with Crippen LogP contribution in [0.5, 0.6) is 0 Å². The second kappa shape index (κ2) is 6.91. The van der Waals surface area contributed by atoms with Crippen LogP contribution in [-0.4, -0.2) is 21.4 Å². The SMILES string of the molecule is CCC(C(=O)OC(C)(C)C)c1cc(Cl)c([N+](=O)[O-])cc1[N+](=O)[O-]. The molecule has 0 aliphatic rings. The fraction of sp³-hybridized carbons (Fsp3) is 0.500. The predicted molar refractivity (Wildman–Crippen MR) is 83.6 cm³/mol. The summed E-state index contributed by atoms with van der Waals surface area (Å²) >= 11 is 5.82.